The molecule has 0 amide bonds. The first-order valence-corrected chi connectivity index (χ1v) is 6.20. The summed E-state index contributed by atoms with van der Waals surface area (Å²) < 4.78 is 4.93. The van der Waals surface area contributed by atoms with E-state index in [-0.39, 0.29) is 22.3 Å². The Hall–Kier alpha value is -1.42. The largest absolute Gasteiger partial charge is 0.507 e. The van der Waals surface area contributed by atoms with Gasteiger partial charge in [0, 0.05) is 18.1 Å². The lowest BCUT2D eigenvalue weighted by Crippen LogP contribution is -1.92. The van der Waals surface area contributed by atoms with Crippen LogP contribution in [0, 0.1) is 0 Å². The average Bonchev–Trinajstić information content (AvgIpc) is 2.37. The summed E-state index contributed by atoms with van der Waals surface area (Å²) in [4.78, 5) is 10.2. The molecule has 2 N–H and O–H groups in total. The highest BCUT2D eigenvalue weighted by Gasteiger charge is 2.16. The van der Waals surface area contributed by atoms with Gasteiger partial charge in [0.1, 0.15) is 28.6 Å². The van der Waals surface area contributed by atoms with Crippen molar-refractivity contribution in [2.45, 2.75) is 32.1 Å². The molecule has 0 fully saturated rings. The molecular weight excluding hydrogens is 256 g/mol. The Balaban J connectivity index is 2.71. The normalized spacial score (nSPS) is 10.3. The Kier molecular flexibility index (Phi) is 5.78. The van der Waals surface area contributed by atoms with E-state index < -0.39 is 0 Å². The van der Waals surface area contributed by atoms with Crippen LogP contribution in [-0.2, 0) is 11.2 Å². The summed E-state index contributed by atoms with van der Waals surface area (Å²) in [6.07, 6.45) is 4.40. The minimum atomic E-state index is -0.135. The number of ether oxygens (including phenoxy) is 1. The van der Waals surface area contributed by atoms with Gasteiger partial charge in [0.05, 0.1) is 7.11 Å². The van der Waals surface area contributed by atoms with E-state index in [1.54, 1.807) is 0 Å². The van der Waals surface area contributed by atoms with Crippen LogP contribution >= 0.6 is 11.6 Å². The van der Waals surface area contributed by atoms with E-state index >= 15 is 0 Å². The smallest absolute Gasteiger partial charge is 0.144 e. The molecule has 100 valence electrons. The number of hydrogen-bond acceptors (Lipinski definition) is 4. The molecule has 0 aliphatic carbocycles. The second-order valence-electron chi connectivity index (χ2n) is 4.01. The highest BCUT2D eigenvalue weighted by atomic mass is 35.5. The van der Waals surface area contributed by atoms with Crippen molar-refractivity contribution in [3.05, 3.63) is 16.7 Å². The molecule has 18 heavy (non-hydrogen) atoms. The van der Waals surface area contributed by atoms with Crippen LogP contribution in [0.15, 0.2) is 6.07 Å². The monoisotopic (exact) mass is 272 g/mol. The third-order valence-corrected chi connectivity index (χ3v) is 3.12. The van der Waals surface area contributed by atoms with Crippen molar-refractivity contribution in [2.75, 3.05) is 7.11 Å². The van der Waals surface area contributed by atoms with Gasteiger partial charge >= 0.3 is 0 Å². The number of unbranched alkanes of at least 4 members (excludes halogenated alkanes) is 3. The molecule has 0 unspecified atom stereocenters. The van der Waals surface area contributed by atoms with Crippen molar-refractivity contribution in [1.29, 1.82) is 0 Å². The summed E-state index contributed by atoms with van der Waals surface area (Å²) in [5.74, 6) is 0.0874. The maximum absolute atomic E-state index is 10.2. The van der Waals surface area contributed by atoms with Crippen LogP contribution in [0.1, 0.15) is 31.2 Å². The van der Waals surface area contributed by atoms with Gasteiger partial charge in [-0.2, -0.15) is 0 Å². The van der Waals surface area contributed by atoms with Gasteiger partial charge in [-0.05, 0) is 19.3 Å². The molecule has 1 rings (SSSR count). The second kappa shape index (κ2) is 7.11. The molecular formula is C13H17ClO4. The molecule has 0 aliphatic rings. The van der Waals surface area contributed by atoms with E-state index in [9.17, 15) is 15.0 Å². The zero-order chi connectivity index (χ0) is 13.5. The van der Waals surface area contributed by atoms with E-state index in [2.05, 4.69) is 0 Å². The summed E-state index contributed by atoms with van der Waals surface area (Å²) in [5, 5.41) is 19.7. The molecule has 0 saturated heterocycles. The Morgan fingerprint density at radius 3 is 2.67 bits per heavy atom. The van der Waals surface area contributed by atoms with Crippen LogP contribution in [0.25, 0.3) is 0 Å². The van der Waals surface area contributed by atoms with E-state index in [1.165, 1.54) is 13.2 Å². The minimum absolute atomic E-state index is 0.0239. The number of carbonyl (C=O) groups excluding carboxylic acids is 1. The minimum Gasteiger partial charge on any atom is -0.507 e. The lowest BCUT2D eigenvalue weighted by Gasteiger charge is -2.11. The van der Waals surface area contributed by atoms with E-state index in [0.717, 1.165) is 25.5 Å². The summed E-state index contributed by atoms with van der Waals surface area (Å²) in [7, 11) is 1.42. The van der Waals surface area contributed by atoms with E-state index in [0.29, 0.717) is 18.4 Å². The molecule has 0 heterocycles. The predicted molar refractivity (Wildman–Crippen MR) is 69.6 cm³/mol. The molecule has 0 spiro atoms. The molecule has 0 bridgehead atoms. The Bertz CT molecular complexity index is 418. The van der Waals surface area contributed by atoms with Gasteiger partial charge in [-0.3, -0.25) is 0 Å². The first-order chi connectivity index (χ1) is 8.61. The van der Waals surface area contributed by atoms with E-state index in [1.807, 2.05) is 0 Å². The number of aromatic hydroxyl groups is 2. The average molecular weight is 273 g/mol. The van der Waals surface area contributed by atoms with Crippen LogP contribution in [-0.4, -0.2) is 23.6 Å². The SMILES string of the molecule is COc1cc(O)c(CCCCCC=O)c(O)c1Cl. The van der Waals surface area contributed by atoms with Crippen LogP contribution in [0.5, 0.6) is 17.2 Å². The number of methoxy groups -OCH3 is 1. The van der Waals surface area contributed by atoms with Gasteiger partial charge in [0.25, 0.3) is 0 Å². The molecule has 5 heteroatoms. The summed E-state index contributed by atoms with van der Waals surface area (Å²) in [6.45, 7) is 0. The van der Waals surface area contributed by atoms with Crippen LogP contribution in [0.4, 0.5) is 0 Å². The maximum atomic E-state index is 10.2. The topological polar surface area (TPSA) is 66.8 Å². The fourth-order valence-electron chi connectivity index (χ4n) is 1.75. The Morgan fingerprint density at radius 2 is 2.06 bits per heavy atom. The lowest BCUT2D eigenvalue weighted by atomic mass is 10.0. The van der Waals surface area contributed by atoms with E-state index in [4.69, 9.17) is 16.3 Å². The number of benzene rings is 1. The highest BCUT2D eigenvalue weighted by molar-refractivity contribution is 6.33. The molecule has 1 aromatic rings. The van der Waals surface area contributed by atoms with Crippen LogP contribution in [0.2, 0.25) is 5.02 Å². The van der Waals surface area contributed by atoms with Crippen molar-refractivity contribution in [1.82, 2.24) is 0 Å². The molecule has 1 aromatic carbocycles. The molecule has 4 nitrogen and oxygen atoms in total. The first-order valence-electron chi connectivity index (χ1n) is 5.82. The maximum Gasteiger partial charge on any atom is 0.144 e. The van der Waals surface area contributed by atoms with Crippen molar-refractivity contribution in [3.63, 3.8) is 0 Å². The summed E-state index contributed by atoms with van der Waals surface area (Å²) >= 11 is 5.90. The molecule has 0 saturated carbocycles. The standard InChI is InChI=1S/C13H17ClO4/c1-18-11-8-10(16)9(13(17)12(11)14)6-4-2-3-5-7-15/h7-8,16-17H,2-6H2,1H3. The number of hydrogen-bond donors (Lipinski definition) is 2. The van der Waals surface area contributed by atoms with Gasteiger partial charge in [-0.1, -0.05) is 18.0 Å². The lowest BCUT2D eigenvalue weighted by molar-refractivity contribution is -0.107. The third-order valence-electron chi connectivity index (χ3n) is 2.76. The van der Waals surface area contributed by atoms with Gasteiger partial charge in [0.2, 0.25) is 0 Å². The van der Waals surface area contributed by atoms with Crippen molar-refractivity contribution >= 4 is 17.9 Å². The van der Waals surface area contributed by atoms with Gasteiger partial charge in [-0.15, -0.1) is 0 Å². The fourth-order valence-corrected chi connectivity index (χ4v) is 1.99. The summed E-state index contributed by atoms with van der Waals surface area (Å²) in [5.41, 5.74) is 0.423. The second-order valence-corrected chi connectivity index (χ2v) is 4.38. The highest BCUT2D eigenvalue weighted by Crippen LogP contribution is 2.42. The van der Waals surface area contributed by atoms with Crippen LogP contribution in [0.3, 0.4) is 0 Å². The van der Waals surface area contributed by atoms with Gasteiger partial charge < -0.3 is 19.7 Å². The number of halogens is 1. The number of phenolic OH excluding ortho intramolecular Hbond substituents is 2. The van der Waals surface area contributed by atoms with Crippen molar-refractivity contribution < 1.29 is 19.7 Å². The predicted octanol–water partition coefficient (Wildman–Crippen LogP) is 3.06. The number of phenols is 2. The van der Waals surface area contributed by atoms with Crippen molar-refractivity contribution in [3.8, 4) is 17.2 Å². The molecule has 0 aliphatic heterocycles. The number of aldehydes is 1. The molecule has 0 radical (unpaired) electrons. The van der Waals surface area contributed by atoms with Gasteiger partial charge in [0.15, 0.2) is 0 Å². The quantitative estimate of drug-likeness (QED) is 0.591. The summed E-state index contributed by atoms with van der Waals surface area (Å²) in [6, 6.07) is 1.39. The van der Waals surface area contributed by atoms with Gasteiger partial charge in [-0.25, -0.2) is 0 Å². The zero-order valence-electron chi connectivity index (χ0n) is 10.3. The number of carbonyl (C=O) groups is 1. The first kappa shape index (κ1) is 14.6. The molecule has 0 aromatic heterocycles. The van der Waals surface area contributed by atoms with Crippen molar-refractivity contribution in [2.24, 2.45) is 0 Å². The molecule has 0 atom stereocenters. The zero-order valence-corrected chi connectivity index (χ0v) is 11.0. The van der Waals surface area contributed by atoms with Crippen LogP contribution < -0.4 is 4.74 Å². The fraction of sp³-hybridized carbons (Fsp3) is 0.462. The Morgan fingerprint density at radius 1 is 1.33 bits per heavy atom. The third kappa shape index (κ3) is 3.53. The Labute approximate surface area is 111 Å². The number of rotatable bonds is 7.